The molecule has 2 N–H and O–H groups in total. The third-order valence-corrected chi connectivity index (χ3v) is 4.11. The van der Waals surface area contributed by atoms with E-state index in [0.29, 0.717) is 13.2 Å². The Morgan fingerprint density at radius 2 is 2.06 bits per heavy atom. The van der Waals surface area contributed by atoms with Crippen molar-refractivity contribution in [3.63, 3.8) is 0 Å². The second-order valence-electron chi connectivity index (χ2n) is 5.44. The lowest BCUT2D eigenvalue weighted by Crippen LogP contribution is -2.44. The Kier molecular flexibility index (Phi) is 4.40. The standard InChI is InChI=1S/C13H23NO3/c15-10-13(6-2-1-3-7-13)9-14-12(16)11-5-4-8-17-11/h11,15H,1-10H2,(H,14,16). The second kappa shape index (κ2) is 5.83. The van der Waals surface area contributed by atoms with Crippen LogP contribution in [0.15, 0.2) is 0 Å². The maximum atomic E-state index is 11.8. The number of carbonyl (C=O) groups is 1. The molecule has 0 aromatic carbocycles. The Balaban J connectivity index is 1.80. The van der Waals surface area contributed by atoms with E-state index in [-0.39, 0.29) is 24.0 Å². The van der Waals surface area contributed by atoms with Crippen LogP contribution in [0.5, 0.6) is 0 Å². The topological polar surface area (TPSA) is 58.6 Å². The third-order valence-electron chi connectivity index (χ3n) is 4.11. The van der Waals surface area contributed by atoms with Gasteiger partial charge in [0.1, 0.15) is 6.10 Å². The summed E-state index contributed by atoms with van der Waals surface area (Å²) in [5.41, 5.74) is -0.0769. The zero-order valence-electron chi connectivity index (χ0n) is 10.4. The lowest BCUT2D eigenvalue weighted by Gasteiger charge is -2.35. The largest absolute Gasteiger partial charge is 0.396 e. The number of aliphatic hydroxyl groups excluding tert-OH is 1. The number of carbonyl (C=O) groups excluding carboxylic acids is 1. The smallest absolute Gasteiger partial charge is 0.249 e. The van der Waals surface area contributed by atoms with Crippen LogP contribution >= 0.6 is 0 Å². The minimum absolute atomic E-state index is 0.000832. The first-order chi connectivity index (χ1) is 8.26. The van der Waals surface area contributed by atoms with E-state index in [0.717, 1.165) is 38.5 Å². The lowest BCUT2D eigenvalue weighted by molar-refractivity contribution is -0.130. The van der Waals surface area contributed by atoms with Crippen molar-refractivity contribution in [3.05, 3.63) is 0 Å². The fourth-order valence-corrected chi connectivity index (χ4v) is 2.87. The van der Waals surface area contributed by atoms with Crippen molar-refractivity contribution in [2.75, 3.05) is 19.8 Å². The van der Waals surface area contributed by atoms with Crippen LogP contribution in [-0.2, 0) is 9.53 Å². The molecule has 0 spiro atoms. The molecule has 1 atom stereocenters. The molecule has 1 saturated heterocycles. The predicted molar refractivity (Wildman–Crippen MR) is 64.6 cm³/mol. The molecule has 17 heavy (non-hydrogen) atoms. The van der Waals surface area contributed by atoms with Crippen LogP contribution in [-0.4, -0.2) is 36.9 Å². The highest BCUT2D eigenvalue weighted by Crippen LogP contribution is 2.35. The number of nitrogens with one attached hydrogen (secondary N) is 1. The summed E-state index contributed by atoms with van der Waals surface area (Å²) in [6.07, 6.45) is 7.18. The highest BCUT2D eigenvalue weighted by atomic mass is 16.5. The Labute approximate surface area is 103 Å². The van der Waals surface area contributed by atoms with Crippen LogP contribution in [0.2, 0.25) is 0 Å². The summed E-state index contributed by atoms with van der Waals surface area (Å²) < 4.78 is 5.35. The van der Waals surface area contributed by atoms with Crippen LogP contribution in [0, 0.1) is 5.41 Å². The zero-order valence-corrected chi connectivity index (χ0v) is 10.4. The monoisotopic (exact) mass is 241 g/mol. The molecule has 0 radical (unpaired) electrons. The van der Waals surface area contributed by atoms with E-state index in [1.807, 2.05) is 0 Å². The average Bonchev–Trinajstić information content (AvgIpc) is 2.91. The van der Waals surface area contributed by atoms with Crippen LogP contribution in [0.4, 0.5) is 0 Å². The SMILES string of the molecule is O=C(NCC1(CO)CCCCC1)C1CCCO1. The summed E-state index contributed by atoms with van der Waals surface area (Å²) in [6.45, 7) is 1.48. The first-order valence-corrected chi connectivity index (χ1v) is 6.76. The van der Waals surface area contributed by atoms with E-state index in [1.54, 1.807) is 0 Å². The molecule has 0 aromatic heterocycles. The van der Waals surface area contributed by atoms with Crippen LogP contribution in [0.1, 0.15) is 44.9 Å². The lowest BCUT2D eigenvalue weighted by atomic mass is 9.74. The molecule has 1 saturated carbocycles. The van der Waals surface area contributed by atoms with Gasteiger partial charge >= 0.3 is 0 Å². The summed E-state index contributed by atoms with van der Waals surface area (Å²) in [7, 11) is 0. The normalized spacial score (nSPS) is 27.9. The van der Waals surface area contributed by atoms with Crippen molar-refractivity contribution >= 4 is 5.91 Å². The van der Waals surface area contributed by atoms with Crippen molar-refractivity contribution in [3.8, 4) is 0 Å². The van der Waals surface area contributed by atoms with Crippen molar-refractivity contribution in [2.45, 2.75) is 51.0 Å². The average molecular weight is 241 g/mol. The fraction of sp³-hybridized carbons (Fsp3) is 0.923. The highest BCUT2D eigenvalue weighted by Gasteiger charge is 2.33. The van der Waals surface area contributed by atoms with E-state index >= 15 is 0 Å². The van der Waals surface area contributed by atoms with Gasteiger partial charge in [-0.05, 0) is 25.7 Å². The van der Waals surface area contributed by atoms with Crippen LogP contribution in [0.25, 0.3) is 0 Å². The molecule has 1 aliphatic heterocycles. The van der Waals surface area contributed by atoms with Crippen LogP contribution in [0.3, 0.4) is 0 Å². The molecule has 2 fully saturated rings. The quantitative estimate of drug-likeness (QED) is 0.778. The van der Waals surface area contributed by atoms with Crippen LogP contribution < -0.4 is 5.32 Å². The van der Waals surface area contributed by atoms with Gasteiger partial charge in [0.2, 0.25) is 5.91 Å². The van der Waals surface area contributed by atoms with Gasteiger partial charge in [-0.3, -0.25) is 4.79 Å². The fourth-order valence-electron chi connectivity index (χ4n) is 2.87. The van der Waals surface area contributed by atoms with E-state index in [4.69, 9.17) is 4.74 Å². The molecule has 1 aliphatic carbocycles. The predicted octanol–water partition coefficient (Wildman–Crippen LogP) is 1.22. The highest BCUT2D eigenvalue weighted by molar-refractivity contribution is 5.80. The number of ether oxygens (including phenoxy) is 1. The first kappa shape index (κ1) is 12.8. The van der Waals surface area contributed by atoms with E-state index < -0.39 is 0 Å². The number of amides is 1. The maximum absolute atomic E-state index is 11.8. The van der Waals surface area contributed by atoms with Gasteiger partial charge in [0.15, 0.2) is 0 Å². The van der Waals surface area contributed by atoms with Gasteiger partial charge in [0.25, 0.3) is 0 Å². The molecule has 0 bridgehead atoms. The van der Waals surface area contributed by atoms with E-state index in [1.165, 1.54) is 6.42 Å². The maximum Gasteiger partial charge on any atom is 0.249 e. The molecule has 4 heteroatoms. The molecular formula is C13H23NO3. The van der Waals surface area contributed by atoms with Crippen molar-refractivity contribution in [1.29, 1.82) is 0 Å². The molecule has 2 aliphatic rings. The van der Waals surface area contributed by atoms with Gasteiger partial charge in [0, 0.05) is 18.6 Å². The van der Waals surface area contributed by atoms with Gasteiger partial charge in [0.05, 0.1) is 6.61 Å². The molecule has 1 amide bonds. The van der Waals surface area contributed by atoms with Crippen molar-refractivity contribution in [1.82, 2.24) is 5.32 Å². The zero-order chi connectivity index (χ0) is 12.1. The number of aliphatic hydroxyl groups is 1. The number of hydrogen-bond acceptors (Lipinski definition) is 3. The molecule has 4 nitrogen and oxygen atoms in total. The van der Waals surface area contributed by atoms with Gasteiger partial charge < -0.3 is 15.2 Å². The molecule has 0 aromatic rings. The minimum Gasteiger partial charge on any atom is -0.396 e. The molecule has 98 valence electrons. The van der Waals surface area contributed by atoms with Gasteiger partial charge in [-0.15, -0.1) is 0 Å². The summed E-state index contributed by atoms with van der Waals surface area (Å²) >= 11 is 0. The van der Waals surface area contributed by atoms with Gasteiger partial charge in [-0.1, -0.05) is 19.3 Å². The summed E-state index contributed by atoms with van der Waals surface area (Å²) in [4.78, 5) is 11.8. The minimum atomic E-state index is -0.255. The first-order valence-electron chi connectivity index (χ1n) is 6.76. The van der Waals surface area contributed by atoms with Gasteiger partial charge in [-0.2, -0.15) is 0 Å². The molecule has 1 unspecified atom stereocenters. The van der Waals surface area contributed by atoms with Crippen molar-refractivity contribution in [2.24, 2.45) is 5.41 Å². The van der Waals surface area contributed by atoms with E-state index in [9.17, 15) is 9.90 Å². The Morgan fingerprint density at radius 3 is 2.65 bits per heavy atom. The molecule has 1 heterocycles. The number of rotatable bonds is 4. The Morgan fingerprint density at radius 1 is 1.29 bits per heavy atom. The molecular weight excluding hydrogens is 218 g/mol. The number of hydrogen-bond donors (Lipinski definition) is 2. The summed E-state index contributed by atoms with van der Waals surface area (Å²) in [5.74, 6) is 0.000832. The van der Waals surface area contributed by atoms with Gasteiger partial charge in [-0.25, -0.2) is 0 Å². The second-order valence-corrected chi connectivity index (χ2v) is 5.44. The Bertz CT molecular complexity index is 255. The third kappa shape index (κ3) is 3.19. The summed E-state index contributed by atoms with van der Waals surface area (Å²) in [5, 5.41) is 12.5. The molecule has 2 rings (SSSR count). The summed E-state index contributed by atoms with van der Waals surface area (Å²) in [6, 6.07) is 0. The van der Waals surface area contributed by atoms with Crippen molar-refractivity contribution < 1.29 is 14.6 Å². The Hall–Kier alpha value is -0.610. The van der Waals surface area contributed by atoms with E-state index in [2.05, 4.69) is 5.32 Å².